The number of rotatable bonds is 1. The van der Waals surface area contributed by atoms with Gasteiger partial charge in [0.05, 0.1) is 24.0 Å². The zero-order valence-electron chi connectivity index (χ0n) is 8.89. The van der Waals surface area contributed by atoms with Crippen LogP contribution in [-0.4, -0.2) is 38.9 Å². The van der Waals surface area contributed by atoms with Crippen LogP contribution in [0.3, 0.4) is 0 Å². The molecule has 1 aromatic rings. The lowest BCUT2D eigenvalue weighted by Gasteiger charge is -2.16. The van der Waals surface area contributed by atoms with Crippen molar-refractivity contribution in [2.75, 3.05) is 5.01 Å². The average molecular weight is 234 g/mol. The van der Waals surface area contributed by atoms with Gasteiger partial charge in [-0.05, 0) is 12.8 Å². The molecule has 88 valence electrons. The molecular formula is C10H10N4O3. The molecule has 4 unspecified atom stereocenters. The van der Waals surface area contributed by atoms with Crippen LogP contribution in [0.2, 0.25) is 0 Å². The summed E-state index contributed by atoms with van der Waals surface area (Å²) in [5, 5.41) is 8.38. The fraction of sp³-hybridized carbons (Fsp3) is 0.600. The molecule has 4 rings (SSSR count). The molecule has 0 saturated carbocycles. The molecule has 0 radical (unpaired) electrons. The second kappa shape index (κ2) is 2.92. The van der Waals surface area contributed by atoms with Gasteiger partial charge in [-0.2, -0.15) is 5.01 Å². The van der Waals surface area contributed by atoms with Crippen LogP contribution in [0.15, 0.2) is 12.7 Å². The highest BCUT2D eigenvalue weighted by molar-refractivity contribution is 6.17. The van der Waals surface area contributed by atoms with E-state index in [1.54, 1.807) is 0 Å². The Hall–Kier alpha value is -1.76. The number of hydrogen-bond donors (Lipinski definition) is 0. The minimum atomic E-state index is -0.302. The summed E-state index contributed by atoms with van der Waals surface area (Å²) in [5.41, 5.74) is 0. The van der Waals surface area contributed by atoms with Gasteiger partial charge in [0.1, 0.15) is 12.7 Å². The fourth-order valence-electron chi connectivity index (χ4n) is 3.22. The summed E-state index contributed by atoms with van der Waals surface area (Å²) in [5.74, 6) is -0.980. The third-order valence-electron chi connectivity index (χ3n) is 3.90. The first-order valence-electron chi connectivity index (χ1n) is 5.65. The summed E-state index contributed by atoms with van der Waals surface area (Å²) < 4.78 is 6.99. The number of amides is 2. The van der Waals surface area contributed by atoms with Gasteiger partial charge in [-0.1, -0.05) is 0 Å². The number of fused-ring (bicyclic) bond motifs is 5. The highest BCUT2D eigenvalue weighted by Crippen LogP contribution is 2.47. The van der Waals surface area contributed by atoms with Crippen molar-refractivity contribution >= 4 is 11.8 Å². The van der Waals surface area contributed by atoms with E-state index in [1.807, 2.05) is 0 Å². The Morgan fingerprint density at radius 1 is 1.06 bits per heavy atom. The van der Waals surface area contributed by atoms with Crippen molar-refractivity contribution in [2.24, 2.45) is 11.8 Å². The van der Waals surface area contributed by atoms with E-state index >= 15 is 0 Å². The molecule has 0 aromatic carbocycles. The minimum absolute atomic E-state index is 0.0806. The summed E-state index contributed by atoms with van der Waals surface area (Å²) in [4.78, 5) is 24.5. The van der Waals surface area contributed by atoms with E-state index in [0.29, 0.717) is 0 Å². The largest absolute Gasteiger partial charge is 0.373 e. The first kappa shape index (κ1) is 9.29. The van der Waals surface area contributed by atoms with Crippen LogP contribution in [0, 0.1) is 11.8 Å². The maximum atomic E-state index is 12.2. The Kier molecular flexibility index (Phi) is 1.60. The van der Waals surface area contributed by atoms with E-state index in [1.165, 1.54) is 17.3 Å². The maximum absolute atomic E-state index is 12.2. The lowest BCUT2D eigenvalue weighted by Crippen LogP contribution is -2.42. The molecule has 3 aliphatic rings. The smallest absolute Gasteiger partial charge is 0.255 e. The van der Waals surface area contributed by atoms with Crippen molar-refractivity contribution in [1.29, 1.82) is 0 Å². The first-order valence-corrected chi connectivity index (χ1v) is 5.65. The van der Waals surface area contributed by atoms with Crippen molar-refractivity contribution in [1.82, 2.24) is 14.9 Å². The number of imide groups is 1. The van der Waals surface area contributed by atoms with Crippen LogP contribution in [0.5, 0.6) is 0 Å². The molecular weight excluding hydrogens is 224 g/mol. The standard InChI is InChI=1S/C10H10N4O3/c15-9-7-5-1-2-6(17-5)8(7)10(16)14(9)13-3-11-12-4-13/h3-8H,1-2H2. The Morgan fingerprint density at radius 3 is 2.12 bits per heavy atom. The summed E-state index contributed by atoms with van der Waals surface area (Å²) in [6, 6.07) is 0. The highest BCUT2D eigenvalue weighted by Gasteiger charge is 2.63. The molecule has 0 spiro atoms. The molecule has 7 nitrogen and oxygen atoms in total. The quantitative estimate of drug-likeness (QED) is 0.587. The Bertz CT molecular complexity index is 472. The van der Waals surface area contributed by atoms with Gasteiger partial charge in [0.2, 0.25) is 0 Å². The fourth-order valence-corrected chi connectivity index (χ4v) is 3.22. The number of hydrogen-bond acceptors (Lipinski definition) is 5. The van der Waals surface area contributed by atoms with Gasteiger partial charge in [-0.15, -0.1) is 10.2 Å². The van der Waals surface area contributed by atoms with Crippen LogP contribution < -0.4 is 5.01 Å². The van der Waals surface area contributed by atoms with E-state index in [-0.39, 0.29) is 35.9 Å². The molecule has 2 bridgehead atoms. The molecule has 3 saturated heterocycles. The van der Waals surface area contributed by atoms with Gasteiger partial charge in [0.15, 0.2) is 0 Å². The molecule has 17 heavy (non-hydrogen) atoms. The third-order valence-corrected chi connectivity index (χ3v) is 3.90. The van der Waals surface area contributed by atoms with Crippen molar-refractivity contribution < 1.29 is 14.3 Å². The maximum Gasteiger partial charge on any atom is 0.255 e. The Labute approximate surface area is 96.3 Å². The summed E-state index contributed by atoms with van der Waals surface area (Å²) in [7, 11) is 0. The van der Waals surface area contributed by atoms with Crippen molar-refractivity contribution in [3.63, 3.8) is 0 Å². The Morgan fingerprint density at radius 2 is 1.59 bits per heavy atom. The molecule has 4 atom stereocenters. The topological polar surface area (TPSA) is 77.3 Å². The SMILES string of the molecule is O=C1C2C3CCC(O3)C2C(=O)N1n1cnnc1. The van der Waals surface area contributed by atoms with Crippen LogP contribution >= 0.6 is 0 Å². The van der Waals surface area contributed by atoms with Gasteiger partial charge in [-0.3, -0.25) is 9.59 Å². The predicted octanol–water partition coefficient (Wildman–Crippen LogP) is -0.923. The number of nitrogens with zero attached hydrogens (tertiary/aromatic N) is 4. The van der Waals surface area contributed by atoms with Gasteiger partial charge >= 0.3 is 0 Å². The number of ether oxygens (including phenoxy) is 1. The summed E-state index contributed by atoms with van der Waals surface area (Å²) in [6.45, 7) is 0. The van der Waals surface area contributed by atoms with Crippen molar-refractivity contribution in [2.45, 2.75) is 25.0 Å². The van der Waals surface area contributed by atoms with Crippen LogP contribution in [-0.2, 0) is 14.3 Å². The second-order valence-electron chi connectivity index (χ2n) is 4.67. The lowest BCUT2D eigenvalue weighted by atomic mass is 9.81. The van der Waals surface area contributed by atoms with E-state index in [2.05, 4.69) is 10.2 Å². The Balaban J connectivity index is 1.77. The van der Waals surface area contributed by atoms with Gasteiger partial charge in [0.25, 0.3) is 11.8 Å². The van der Waals surface area contributed by atoms with E-state index in [9.17, 15) is 9.59 Å². The van der Waals surface area contributed by atoms with E-state index in [0.717, 1.165) is 17.9 Å². The van der Waals surface area contributed by atoms with Gasteiger partial charge in [-0.25, -0.2) is 4.68 Å². The molecule has 1 aromatic heterocycles. The van der Waals surface area contributed by atoms with Crippen molar-refractivity contribution in [3.8, 4) is 0 Å². The number of carbonyl (C=O) groups excluding carboxylic acids is 2. The van der Waals surface area contributed by atoms with E-state index < -0.39 is 0 Å². The molecule has 3 aliphatic heterocycles. The van der Waals surface area contributed by atoms with Crippen LogP contribution in [0.25, 0.3) is 0 Å². The van der Waals surface area contributed by atoms with Gasteiger partial charge < -0.3 is 4.74 Å². The molecule has 2 amide bonds. The first-order chi connectivity index (χ1) is 8.27. The molecule has 7 heteroatoms. The molecule has 0 N–H and O–H groups in total. The minimum Gasteiger partial charge on any atom is -0.373 e. The second-order valence-corrected chi connectivity index (χ2v) is 4.67. The average Bonchev–Trinajstić information content (AvgIpc) is 3.03. The zero-order chi connectivity index (χ0) is 11.6. The third kappa shape index (κ3) is 0.998. The van der Waals surface area contributed by atoms with Gasteiger partial charge in [0, 0.05) is 0 Å². The lowest BCUT2D eigenvalue weighted by molar-refractivity contribution is -0.127. The zero-order valence-corrected chi connectivity index (χ0v) is 8.89. The molecule has 3 fully saturated rings. The summed E-state index contributed by atoms with van der Waals surface area (Å²) in [6.07, 6.45) is 4.31. The highest BCUT2D eigenvalue weighted by atomic mass is 16.5. The van der Waals surface area contributed by atoms with Crippen molar-refractivity contribution in [3.05, 3.63) is 12.7 Å². The summed E-state index contributed by atoms with van der Waals surface area (Å²) >= 11 is 0. The monoisotopic (exact) mass is 234 g/mol. The van der Waals surface area contributed by atoms with Crippen LogP contribution in [0.1, 0.15) is 12.8 Å². The molecule has 0 aliphatic carbocycles. The van der Waals surface area contributed by atoms with E-state index in [4.69, 9.17) is 4.74 Å². The predicted molar refractivity (Wildman–Crippen MR) is 53.1 cm³/mol. The number of carbonyl (C=O) groups is 2. The normalized spacial score (nSPS) is 39.2. The van der Waals surface area contributed by atoms with Crippen LogP contribution in [0.4, 0.5) is 0 Å². The molecule has 4 heterocycles. The number of aromatic nitrogens is 3.